The van der Waals surface area contributed by atoms with Gasteiger partial charge in [0, 0.05) is 24.0 Å². The molecule has 3 heterocycles. The highest BCUT2D eigenvalue weighted by Gasteiger charge is 2.26. The molecule has 1 fully saturated rings. The molecule has 1 N–H and O–H groups in total. The molecule has 1 aliphatic rings. The summed E-state index contributed by atoms with van der Waals surface area (Å²) in [5.41, 5.74) is 2.02. The van der Waals surface area contributed by atoms with Crippen molar-refractivity contribution in [3.63, 3.8) is 0 Å². The van der Waals surface area contributed by atoms with Gasteiger partial charge in [-0.25, -0.2) is 13.4 Å². The van der Waals surface area contributed by atoms with Gasteiger partial charge in [0.2, 0.25) is 10.0 Å². The van der Waals surface area contributed by atoms with Crippen molar-refractivity contribution in [3.8, 4) is 17.1 Å². The fourth-order valence-electron chi connectivity index (χ4n) is 3.73. The molecule has 0 atom stereocenters. The number of aromatic hydroxyl groups is 1. The second-order valence-corrected chi connectivity index (χ2v) is 9.60. The number of hydrogen-bond acceptors (Lipinski definition) is 6. The van der Waals surface area contributed by atoms with E-state index in [1.807, 2.05) is 36.4 Å². The number of rotatable bonds is 5. The molecule has 0 saturated carbocycles. The minimum absolute atomic E-state index is 0.141. The lowest BCUT2D eigenvalue weighted by molar-refractivity contribution is 0.0730. The minimum Gasteiger partial charge on any atom is -0.506 e. The van der Waals surface area contributed by atoms with Gasteiger partial charge in [-0.3, -0.25) is 0 Å². The van der Waals surface area contributed by atoms with Crippen LogP contribution in [0.1, 0.15) is 11.5 Å². The number of morpholine rings is 1. The summed E-state index contributed by atoms with van der Waals surface area (Å²) in [5.74, 6) is 1.41. The molecule has 0 amide bonds. The standard InChI is InChI=1S/C25H22N2O5S/c28-23-3-1-2-19-4-7-20(26-25(19)23)8-9-21-10-13-24(32-21)18-5-11-22(12-6-18)33(29,30)27-14-16-31-17-15-27/h1-13,28H,14-17H2/b9-8+. The van der Waals surface area contributed by atoms with Crippen LogP contribution < -0.4 is 0 Å². The number of para-hydroxylation sites is 1. The Balaban J connectivity index is 1.33. The first-order valence-corrected chi connectivity index (χ1v) is 12.0. The Morgan fingerprint density at radius 2 is 1.70 bits per heavy atom. The van der Waals surface area contributed by atoms with Crippen molar-refractivity contribution in [2.75, 3.05) is 26.3 Å². The van der Waals surface area contributed by atoms with E-state index in [9.17, 15) is 13.5 Å². The SMILES string of the molecule is O=S(=O)(c1ccc(-c2ccc(/C=C/c3ccc4cccc(O)c4n3)o2)cc1)N1CCOCC1. The van der Waals surface area contributed by atoms with Gasteiger partial charge in [-0.2, -0.15) is 4.31 Å². The predicted molar refractivity (Wildman–Crippen MR) is 126 cm³/mol. The van der Waals surface area contributed by atoms with E-state index in [4.69, 9.17) is 9.15 Å². The van der Waals surface area contributed by atoms with Crippen LogP contribution in [0.2, 0.25) is 0 Å². The number of pyridine rings is 1. The summed E-state index contributed by atoms with van der Waals surface area (Å²) in [6, 6.07) is 19.4. The molecule has 8 heteroatoms. The fourth-order valence-corrected chi connectivity index (χ4v) is 5.14. The van der Waals surface area contributed by atoms with E-state index in [0.717, 1.165) is 10.9 Å². The summed E-state index contributed by atoms with van der Waals surface area (Å²) in [4.78, 5) is 4.73. The van der Waals surface area contributed by atoms with Crippen molar-refractivity contribution in [3.05, 3.63) is 78.2 Å². The normalized spacial score (nSPS) is 15.4. The number of phenols is 1. The van der Waals surface area contributed by atoms with Gasteiger partial charge in [0.15, 0.2) is 0 Å². The van der Waals surface area contributed by atoms with Crippen molar-refractivity contribution in [1.82, 2.24) is 9.29 Å². The van der Waals surface area contributed by atoms with Crippen molar-refractivity contribution in [2.24, 2.45) is 0 Å². The molecule has 1 saturated heterocycles. The molecule has 0 spiro atoms. The van der Waals surface area contributed by atoms with E-state index >= 15 is 0 Å². The first kappa shape index (κ1) is 21.4. The number of aromatic nitrogens is 1. The van der Waals surface area contributed by atoms with Crippen molar-refractivity contribution >= 4 is 33.1 Å². The third-order valence-corrected chi connectivity index (χ3v) is 7.43. The highest BCUT2D eigenvalue weighted by Crippen LogP contribution is 2.27. The number of sulfonamides is 1. The van der Waals surface area contributed by atoms with E-state index in [0.29, 0.717) is 49.0 Å². The highest BCUT2D eigenvalue weighted by atomic mass is 32.2. The third kappa shape index (κ3) is 4.41. The van der Waals surface area contributed by atoms with Gasteiger partial charge in [0.05, 0.1) is 23.8 Å². The molecule has 0 radical (unpaired) electrons. The Hall–Kier alpha value is -3.46. The quantitative estimate of drug-likeness (QED) is 0.473. The summed E-state index contributed by atoms with van der Waals surface area (Å²) in [6.45, 7) is 1.55. The Kier molecular flexibility index (Phi) is 5.72. The van der Waals surface area contributed by atoms with Gasteiger partial charge in [-0.15, -0.1) is 0 Å². The molecule has 168 valence electrons. The number of nitrogens with zero attached hydrogens (tertiary/aromatic N) is 2. The molecule has 4 aromatic rings. The van der Waals surface area contributed by atoms with Gasteiger partial charge in [0.25, 0.3) is 0 Å². The number of benzene rings is 2. The van der Waals surface area contributed by atoms with Gasteiger partial charge in [0.1, 0.15) is 22.8 Å². The van der Waals surface area contributed by atoms with Crippen LogP contribution >= 0.6 is 0 Å². The van der Waals surface area contributed by atoms with E-state index in [2.05, 4.69) is 4.98 Å². The average molecular weight is 463 g/mol. The maximum atomic E-state index is 12.8. The lowest BCUT2D eigenvalue weighted by atomic mass is 10.2. The van der Waals surface area contributed by atoms with Crippen LogP contribution in [0, 0.1) is 0 Å². The zero-order valence-electron chi connectivity index (χ0n) is 17.7. The van der Waals surface area contributed by atoms with Crippen LogP contribution in [0.5, 0.6) is 5.75 Å². The molecule has 0 bridgehead atoms. The lowest BCUT2D eigenvalue weighted by Gasteiger charge is -2.26. The number of furan rings is 1. The zero-order chi connectivity index (χ0) is 22.8. The van der Waals surface area contributed by atoms with Crippen LogP contribution in [0.25, 0.3) is 34.4 Å². The predicted octanol–water partition coefficient (Wildman–Crippen LogP) is 4.39. The van der Waals surface area contributed by atoms with E-state index in [1.165, 1.54) is 4.31 Å². The van der Waals surface area contributed by atoms with Gasteiger partial charge in [-0.05, 0) is 60.7 Å². The summed E-state index contributed by atoms with van der Waals surface area (Å²) in [7, 11) is -3.53. The zero-order valence-corrected chi connectivity index (χ0v) is 18.5. The van der Waals surface area contributed by atoms with Crippen molar-refractivity contribution < 1.29 is 22.7 Å². The van der Waals surface area contributed by atoms with Gasteiger partial charge < -0.3 is 14.3 Å². The average Bonchev–Trinajstić information content (AvgIpc) is 3.33. The molecule has 2 aromatic carbocycles. The number of phenolic OH excluding ortho intramolecular Hbond substituents is 1. The first-order chi connectivity index (χ1) is 16.0. The number of fused-ring (bicyclic) bond motifs is 1. The Bertz CT molecular complexity index is 1420. The Morgan fingerprint density at radius 1 is 0.909 bits per heavy atom. The first-order valence-electron chi connectivity index (χ1n) is 10.6. The van der Waals surface area contributed by atoms with Crippen LogP contribution in [0.3, 0.4) is 0 Å². The second kappa shape index (κ2) is 8.82. The van der Waals surface area contributed by atoms with Crippen LogP contribution in [0.15, 0.2) is 76.0 Å². The van der Waals surface area contributed by atoms with E-state index in [-0.39, 0.29) is 10.6 Å². The van der Waals surface area contributed by atoms with E-state index in [1.54, 1.807) is 42.5 Å². The number of ether oxygens (including phenoxy) is 1. The van der Waals surface area contributed by atoms with E-state index < -0.39 is 10.0 Å². The van der Waals surface area contributed by atoms with Gasteiger partial charge >= 0.3 is 0 Å². The molecule has 0 unspecified atom stereocenters. The highest BCUT2D eigenvalue weighted by molar-refractivity contribution is 7.89. The third-order valence-electron chi connectivity index (χ3n) is 5.51. The van der Waals surface area contributed by atoms with Crippen LogP contribution in [-0.2, 0) is 14.8 Å². The smallest absolute Gasteiger partial charge is 0.243 e. The van der Waals surface area contributed by atoms with Gasteiger partial charge in [-0.1, -0.05) is 18.2 Å². The second-order valence-electron chi connectivity index (χ2n) is 7.66. The maximum absolute atomic E-state index is 12.8. The summed E-state index contributed by atoms with van der Waals surface area (Å²) in [5, 5.41) is 10.9. The molecule has 0 aliphatic carbocycles. The molecular weight excluding hydrogens is 440 g/mol. The lowest BCUT2D eigenvalue weighted by Crippen LogP contribution is -2.40. The molecule has 5 rings (SSSR count). The monoisotopic (exact) mass is 462 g/mol. The largest absolute Gasteiger partial charge is 0.506 e. The fraction of sp³-hybridized carbons (Fsp3) is 0.160. The topological polar surface area (TPSA) is 92.9 Å². The Labute approximate surface area is 191 Å². The summed E-state index contributed by atoms with van der Waals surface area (Å²) < 4.78 is 38.1. The molecule has 1 aliphatic heterocycles. The number of hydrogen-bond donors (Lipinski definition) is 1. The Morgan fingerprint density at radius 3 is 2.48 bits per heavy atom. The van der Waals surface area contributed by atoms with Crippen molar-refractivity contribution in [1.29, 1.82) is 0 Å². The van der Waals surface area contributed by atoms with Crippen LogP contribution in [0.4, 0.5) is 0 Å². The summed E-state index contributed by atoms with van der Waals surface area (Å²) in [6.07, 6.45) is 3.61. The van der Waals surface area contributed by atoms with Crippen molar-refractivity contribution in [2.45, 2.75) is 4.90 Å². The molecular formula is C25H22N2O5S. The maximum Gasteiger partial charge on any atom is 0.243 e. The molecule has 33 heavy (non-hydrogen) atoms. The summed E-state index contributed by atoms with van der Waals surface area (Å²) >= 11 is 0. The molecule has 2 aromatic heterocycles. The molecule has 7 nitrogen and oxygen atoms in total. The minimum atomic E-state index is -3.53. The van der Waals surface area contributed by atoms with Crippen LogP contribution in [-0.4, -0.2) is 49.1 Å².